The zero-order valence-electron chi connectivity index (χ0n) is 13.0. The van der Waals surface area contributed by atoms with Crippen molar-refractivity contribution >= 4 is 55.2 Å². The molecule has 0 aliphatic carbocycles. The summed E-state index contributed by atoms with van der Waals surface area (Å²) < 4.78 is 6.65. The van der Waals surface area contributed by atoms with Crippen LogP contribution in [0.5, 0.6) is 0 Å². The molecule has 1 N–H and O–H groups in total. The van der Waals surface area contributed by atoms with E-state index in [0.717, 1.165) is 26.7 Å². The van der Waals surface area contributed by atoms with E-state index < -0.39 is 0 Å². The van der Waals surface area contributed by atoms with Crippen LogP contribution >= 0.6 is 22.9 Å². The highest BCUT2D eigenvalue weighted by Gasteiger charge is 2.19. The molecular formula is C18H13ClN2O2S. The summed E-state index contributed by atoms with van der Waals surface area (Å²) in [6.07, 6.45) is 0. The van der Waals surface area contributed by atoms with Gasteiger partial charge in [0.2, 0.25) is 0 Å². The first-order valence-electron chi connectivity index (χ1n) is 7.38. The topological polar surface area (TPSA) is 55.1 Å². The molecule has 4 nitrogen and oxygen atoms in total. The van der Waals surface area contributed by atoms with Crippen LogP contribution in [0.1, 0.15) is 21.7 Å². The van der Waals surface area contributed by atoms with Crippen LogP contribution < -0.4 is 5.32 Å². The molecule has 2 heterocycles. The molecule has 1 amide bonds. The van der Waals surface area contributed by atoms with E-state index in [9.17, 15) is 4.79 Å². The van der Waals surface area contributed by atoms with Crippen molar-refractivity contribution in [1.29, 1.82) is 0 Å². The van der Waals surface area contributed by atoms with E-state index in [4.69, 9.17) is 16.0 Å². The van der Waals surface area contributed by atoms with Crippen molar-refractivity contribution in [3.05, 3.63) is 58.3 Å². The average Bonchev–Trinajstić information content (AvgIpc) is 3.08. The molecule has 2 aromatic carbocycles. The van der Waals surface area contributed by atoms with Crippen molar-refractivity contribution in [2.75, 3.05) is 5.32 Å². The third-order valence-corrected chi connectivity index (χ3v) is 5.04. The lowest BCUT2D eigenvalue weighted by Crippen LogP contribution is -2.11. The molecular weight excluding hydrogens is 344 g/mol. The van der Waals surface area contributed by atoms with Gasteiger partial charge >= 0.3 is 0 Å². The summed E-state index contributed by atoms with van der Waals surface area (Å²) >= 11 is 7.37. The summed E-state index contributed by atoms with van der Waals surface area (Å²) in [6, 6.07) is 11.3. The first-order valence-corrected chi connectivity index (χ1v) is 8.58. The molecule has 0 saturated carbocycles. The van der Waals surface area contributed by atoms with E-state index in [1.165, 1.54) is 11.3 Å². The number of halogens is 1. The normalized spacial score (nSPS) is 11.3. The van der Waals surface area contributed by atoms with Crippen LogP contribution in [0.4, 0.5) is 5.13 Å². The number of hydrogen-bond acceptors (Lipinski definition) is 4. The summed E-state index contributed by atoms with van der Waals surface area (Å²) in [5, 5.41) is 4.94. The van der Waals surface area contributed by atoms with Crippen molar-refractivity contribution in [2.45, 2.75) is 13.8 Å². The van der Waals surface area contributed by atoms with Crippen LogP contribution in [0.2, 0.25) is 5.02 Å². The number of rotatable bonds is 2. The van der Waals surface area contributed by atoms with E-state index in [1.54, 1.807) is 6.07 Å². The highest BCUT2D eigenvalue weighted by atomic mass is 35.5. The van der Waals surface area contributed by atoms with Gasteiger partial charge in [-0.25, -0.2) is 4.98 Å². The number of hydrogen-bond donors (Lipinski definition) is 1. The zero-order chi connectivity index (χ0) is 16.8. The monoisotopic (exact) mass is 356 g/mol. The number of thiazole rings is 1. The van der Waals surface area contributed by atoms with Crippen LogP contribution in [-0.2, 0) is 0 Å². The number of carbonyl (C=O) groups excluding carboxylic acids is 1. The summed E-state index contributed by atoms with van der Waals surface area (Å²) in [5.74, 6) is 0.0133. The molecule has 24 heavy (non-hydrogen) atoms. The molecule has 0 aliphatic rings. The summed E-state index contributed by atoms with van der Waals surface area (Å²) in [7, 11) is 0. The number of fused-ring (bicyclic) bond motifs is 2. The second-order valence-corrected chi connectivity index (χ2v) is 7.11. The molecule has 2 aromatic heterocycles. The van der Waals surface area contributed by atoms with Gasteiger partial charge in [-0.3, -0.25) is 10.1 Å². The highest BCUT2D eigenvalue weighted by Crippen LogP contribution is 2.30. The largest absolute Gasteiger partial charge is 0.451 e. The Balaban J connectivity index is 1.69. The number of nitrogens with one attached hydrogen (secondary N) is 1. The van der Waals surface area contributed by atoms with E-state index in [-0.39, 0.29) is 5.91 Å². The third-order valence-electron chi connectivity index (χ3n) is 3.87. The second-order valence-electron chi connectivity index (χ2n) is 5.64. The lowest BCUT2D eigenvalue weighted by atomic mass is 10.1. The number of amides is 1. The number of aromatic nitrogens is 1. The zero-order valence-corrected chi connectivity index (χ0v) is 14.6. The average molecular weight is 357 g/mol. The van der Waals surface area contributed by atoms with Crippen LogP contribution in [0, 0.1) is 13.8 Å². The van der Waals surface area contributed by atoms with Gasteiger partial charge in [0.05, 0.1) is 10.2 Å². The minimum absolute atomic E-state index is 0.300. The minimum Gasteiger partial charge on any atom is -0.451 e. The molecule has 0 radical (unpaired) electrons. The Morgan fingerprint density at radius 1 is 1.21 bits per heavy atom. The summed E-state index contributed by atoms with van der Waals surface area (Å²) in [4.78, 5) is 17.0. The van der Waals surface area contributed by atoms with Crippen molar-refractivity contribution in [3.8, 4) is 0 Å². The quantitative estimate of drug-likeness (QED) is 0.511. The van der Waals surface area contributed by atoms with E-state index in [0.29, 0.717) is 21.5 Å². The fraction of sp³-hybridized carbons (Fsp3) is 0.111. The summed E-state index contributed by atoms with van der Waals surface area (Å²) in [6.45, 7) is 3.90. The number of anilines is 1. The van der Waals surface area contributed by atoms with Crippen LogP contribution in [0.3, 0.4) is 0 Å². The molecule has 4 rings (SSSR count). The maximum Gasteiger partial charge on any atom is 0.293 e. The Hall–Kier alpha value is -2.37. The minimum atomic E-state index is -0.300. The molecule has 120 valence electrons. The fourth-order valence-electron chi connectivity index (χ4n) is 2.66. The molecule has 0 fully saturated rings. The number of carbonyl (C=O) groups is 1. The van der Waals surface area contributed by atoms with E-state index >= 15 is 0 Å². The van der Waals surface area contributed by atoms with Crippen molar-refractivity contribution < 1.29 is 9.21 Å². The maximum absolute atomic E-state index is 12.6. The summed E-state index contributed by atoms with van der Waals surface area (Å²) in [5.41, 5.74) is 3.47. The molecule has 4 aromatic rings. The Morgan fingerprint density at radius 2 is 2.04 bits per heavy atom. The van der Waals surface area contributed by atoms with Gasteiger partial charge in [-0.1, -0.05) is 34.6 Å². The Labute approximate surface area is 147 Å². The number of benzene rings is 2. The van der Waals surface area contributed by atoms with E-state index in [2.05, 4.69) is 10.3 Å². The van der Waals surface area contributed by atoms with Gasteiger partial charge in [0.15, 0.2) is 10.9 Å². The Kier molecular flexibility index (Phi) is 3.55. The predicted octanol–water partition coefficient (Wildman–Crippen LogP) is 5.57. The molecule has 0 aliphatic heterocycles. The standard InChI is InChI=1S/C18H13ClN2O2S/c1-9-3-6-14-12(7-9)10(2)16(23-14)17(22)21-18-20-13-5-4-11(19)8-15(13)24-18/h3-8H,1-2H3,(H,20,21,22). The van der Waals surface area contributed by atoms with Gasteiger partial charge in [-0.2, -0.15) is 0 Å². The van der Waals surface area contributed by atoms with Gasteiger partial charge in [-0.05, 0) is 44.2 Å². The predicted molar refractivity (Wildman–Crippen MR) is 98.3 cm³/mol. The Morgan fingerprint density at radius 3 is 2.88 bits per heavy atom. The van der Waals surface area contributed by atoms with Crippen LogP contribution in [0.25, 0.3) is 21.2 Å². The molecule has 0 spiro atoms. The number of furan rings is 1. The third kappa shape index (κ3) is 2.56. The second kappa shape index (κ2) is 5.61. The number of nitrogens with zero attached hydrogens (tertiary/aromatic N) is 1. The highest BCUT2D eigenvalue weighted by molar-refractivity contribution is 7.22. The first kappa shape index (κ1) is 15.2. The lowest BCUT2D eigenvalue weighted by Gasteiger charge is -1.98. The van der Waals surface area contributed by atoms with Gasteiger partial charge in [0, 0.05) is 16.0 Å². The van der Waals surface area contributed by atoms with Gasteiger partial charge < -0.3 is 4.42 Å². The molecule has 0 saturated heterocycles. The first-order chi connectivity index (χ1) is 11.5. The Bertz CT molecular complexity index is 1100. The van der Waals surface area contributed by atoms with Gasteiger partial charge in [0.25, 0.3) is 5.91 Å². The fourth-order valence-corrected chi connectivity index (χ4v) is 3.79. The van der Waals surface area contributed by atoms with Gasteiger partial charge in [0.1, 0.15) is 5.58 Å². The lowest BCUT2D eigenvalue weighted by molar-refractivity contribution is 0.0998. The number of aryl methyl sites for hydroxylation is 2. The molecule has 0 unspecified atom stereocenters. The van der Waals surface area contributed by atoms with Crippen LogP contribution in [-0.4, -0.2) is 10.9 Å². The smallest absolute Gasteiger partial charge is 0.293 e. The van der Waals surface area contributed by atoms with E-state index in [1.807, 2.05) is 44.2 Å². The van der Waals surface area contributed by atoms with Crippen molar-refractivity contribution in [2.24, 2.45) is 0 Å². The van der Waals surface area contributed by atoms with Crippen LogP contribution in [0.15, 0.2) is 40.8 Å². The van der Waals surface area contributed by atoms with Gasteiger partial charge in [-0.15, -0.1) is 0 Å². The molecule has 0 atom stereocenters. The maximum atomic E-state index is 12.6. The van der Waals surface area contributed by atoms with Crippen molar-refractivity contribution in [3.63, 3.8) is 0 Å². The molecule has 0 bridgehead atoms. The van der Waals surface area contributed by atoms with Crippen molar-refractivity contribution in [1.82, 2.24) is 4.98 Å². The SMILES string of the molecule is Cc1ccc2oc(C(=O)Nc3nc4ccc(Cl)cc4s3)c(C)c2c1. The molecule has 6 heteroatoms.